The maximum absolute atomic E-state index is 5.54. The van der Waals surface area contributed by atoms with Crippen LogP contribution in [0.25, 0.3) is 11.1 Å². The Balaban J connectivity index is 1.83. The Kier molecular flexibility index (Phi) is 2.88. The first kappa shape index (κ1) is 10.6. The molecule has 1 aliphatic rings. The first-order valence-electron chi connectivity index (χ1n) is 5.36. The number of nitrogens with one attached hydrogen (secondary N) is 1. The summed E-state index contributed by atoms with van der Waals surface area (Å²) < 4.78 is 6.69. The number of halogens is 1. The van der Waals surface area contributed by atoms with Gasteiger partial charge in [0.05, 0.1) is 12.8 Å². The molecule has 3 rings (SSSR count). The highest BCUT2D eigenvalue weighted by atomic mass is 79.9. The average Bonchev–Trinajstić information content (AvgIpc) is 2.83. The predicted octanol–water partition coefficient (Wildman–Crippen LogP) is 4.02. The van der Waals surface area contributed by atoms with Crippen LogP contribution >= 0.6 is 27.3 Å². The summed E-state index contributed by atoms with van der Waals surface area (Å²) in [5.74, 6) is 1.03. The van der Waals surface area contributed by atoms with Gasteiger partial charge in [-0.25, -0.2) is 0 Å². The number of hydrogen-bond donors (Lipinski definition) is 1. The molecule has 1 fully saturated rings. The number of thiophene rings is 1. The summed E-state index contributed by atoms with van der Waals surface area (Å²) in [6.07, 6.45) is 4.37. The Morgan fingerprint density at radius 2 is 2.25 bits per heavy atom. The van der Waals surface area contributed by atoms with E-state index in [9.17, 15) is 0 Å². The number of rotatable bonds is 4. The molecule has 4 heteroatoms. The van der Waals surface area contributed by atoms with Crippen molar-refractivity contribution in [3.05, 3.63) is 33.3 Å². The van der Waals surface area contributed by atoms with Gasteiger partial charge in [-0.3, -0.25) is 0 Å². The Morgan fingerprint density at radius 3 is 2.94 bits per heavy atom. The lowest BCUT2D eigenvalue weighted by Gasteiger charge is -2.03. The Labute approximate surface area is 107 Å². The second-order valence-corrected chi connectivity index (χ2v) is 5.64. The molecular formula is C12H12BrNOS. The molecule has 1 aliphatic carbocycles. The molecule has 2 nitrogen and oxygen atoms in total. The van der Waals surface area contributed by atoms with Gasteiger partial charge in [-0.2, -0.15) is 11.3 Å². The smallest absolute Gasteiger partial charge is 0.125 e. The van der Waals surface area contributed by atoms with E-state index in [0.29, 0.717) is 6.04 Å². The molecule has 0 saturated heterocycles. The van der Waals surface area contributed by atoms with Crippen molar-refractivity contribution in [2.45, 2.75) is 25.4 Å². The van der Waals surface area contributed by atoms with Crippen LogP contribution in [0.15, 0.2) is 32.0 Å². The normalized spacial score (nSPS) is 15.6. The number of furan rings is 1. The molecule has 0 unspecified atom stereocenters. The minimum Gasteiger partial charge on any atom is -0.467 e. The third-order valence-corrected chi connectivity index (χ3v) is 4.48. The molecule has 0 aliphatic heterocycles. The van der Waals surface area contributed by atoms with Crippen LogP contribution in [0.4, 0.5) is 0 Å². The van der Waals surface area contributed by atoms with E-state index >= 15 is 0 Å². The standard InChI is InChI=1S/C12H12BrNOS/c13-11-7-16-6-10(11)9-3-4-15-12(9)5-14-8-1-2-8/h3-4,6-8,14H,1-2,5H2. The minimum absolute atomic E-state index is 0.712. The van der Waals surface area contributed by atoms with E-state index in [0.717, 1.165) is 16.8 Å². The molecule has 0 atom stereocenters. The van der Waals surface area contributed by atoms with Gasteiger partial charge in [-0.1, -0.05) is 0 Å². The molecule has 16 heavy (non-hydrogen) atoms. The van der Waals surface area contributed by atoms with Gasteiger partial charge >= 0.3 is 0 Å². The maximum Gasteiger partial charge on any atom is 0.125 e. The van der Waals surface area contributed by atoms with E-state index in [1.54, 1.807) is 17.6 Å². The van der Waals surface area contributed by atoms with E-state index in [4.69, 9.17) is 4.42 Å². The van der Waals surface area contributed by atoms with Gasteiger partial charge in [0.15, 0.2) is 0 Å². The highest BCUT2D eigenvalue weighted by molar-refractivity contribution is 9.10. The van der Waals surface area contributed by atoms with Gasteiger partial charge in [-0.05, 0) is 40.2 Å². The Bertz CT molecular complexity index is 487. The van der Waals surface area contributed by atoms with Crippen molar-refractivity contribution in [3.63, 3.8) is 0 Å². The fourth-order valence-electron chi connectivity index (χ4n) is 1.72. The zero-order chi connectivity index (χ0) is 11.0. The predicted molar refractivity (Wildman–Crippen MR) is 69.6 cm³/mol. The molecule has 2 aromatic rings. The van der Waals surface area contributed by atoms with Crippen molar-refractivity contribution in [2.24, 2.45) is 0 Å². The molecule has 0 amide bonds. The van der Waals surface area contributed by atoms with Crippen molar-refractivity contribution in [2.75, 3.05) is 0 Å². The summed E-state index contributed by atoms with van der Waals surface area (Å²) in [5, 5.41) is 7.72. The first-order chi connectivity index (χ1) is 7.84. The molecule has 1 saturated carbocycles. The highest BCUT2D eigenvalue weighted by Gasteiger charge is 2.21. The van der Waals surface area contributed by atoms with E-state index in [1.807, 2.05) is 6.07 Å². The summed E-state index contributed by atoms with van der Waals surface area (Å²) in [5.41, 5.74) is 2.42. The fourth-order valence-corrected chi connectivity index (χ4v) is 3.22. The molecule has 0 aromatic carbocycles. The molecule has 2 heterocycles. The van der Waals surface area contributed by atoms with E-state index in [2.05, 4.69) is 32.0 Å². The molecule has 0 bridgehead atoms. The molecule has 84 valence electrons. The lowest BCUT2D eigenvalue weighted by Crippen LogP contribution is -2.15. The average molecular weight is 298 g/mol. The topological polar surface area (TPSA) is 25.2 Å². The van der Waals surface area contributed by atoms with Crippen LogP contribution in [-0.4, -0.2) is 6.04 Å². The third kappa shape index (κ3) is 2.10. The van der Waals surface area contributed by atoms with Gasteiger partial charge in [0.25, 0.3) is 0 Å². The van der Waals surface area contributed by atoms with E-state index in [1.165, 1.54) is 24.0 Å². The summed E-state index contributed by atoms with van der Waals surface area (Å²) in [6.45, 7) is 0.829. The van der Waals surface area contributed by atoms with Crippen LogP contribution < -0.4 is 5.32 Å². The minimum atomic E-state index is 0.712. The molecular weight excluding hydrogens is 286 g/mol. The zero-order valence-electron chi connectivity index (χ0n) is 8.70. The quantitative estimate of drug-likeness (QED) is 0.922. The molecule has 2 aromatic heterocycles. The van der Waals surface area contributed by atoms with E-state index in [-0.39, 0.29) is 0 Å². The van der Waals surface area contributed by atoms with Crippen LogP contribution in [0, 0.1) is 0 Å². The van der Waals surface area contributed by atoms with Crippen LogP contribution in [0.3, 0.4) is 0 Å². The Hall–Kier alpha value is -0.580. The maximum atomic E-state index is 5.54. The third-order valence-electron chi connectivity index (χ3n) is 2.78. The lowest BCUT2D eigenvalue weighted by atomic mass is 10.1. The van der Waals surface area contributed by atoms with Crippen LogP contribution in [0.1, 0.15) is 18.6 Å². The van der Waals surface area contributed by atoms with Crippen molar-refractivity contribution in [3.8, 4) is 11.1 Å². The second kappa shape index (κ2) is 4.35. The number of hydrogen-bond acceptors (Lipinski definition) is 3. The van der Waals surface area contributed by atoms with Crippen LogP contribution in [0.2, 0.25) is 0 Å². The Morgan fingerprint density at radius 1 is 1.38 bits per heavy atom. The van der Waals surface area contributed by atoms with Crippen LogP contribution in [-0.2, 0) is 6.54 Å². The summed E-state index contributed by atoms with van der Waals surface area (Å²) in [6, 6.07) is 2.75. The molecule has 0 radical (unpaired) electrons. The summed E-state index contributed by atoms with van der Waals surface area (Å²) in [4.78, 5) is 0. The molecule has 1 N–H and O–H groups in total. The van der Waals surface area contributed by atoms with Crippen molar-refractivity contribution in [1.82, 2.24) is 5.32 Å². The lowest BCUT2D eigenvalue weighted by molar-refractivity contribution is 0.483. The van der Waals surface area contributed by atoms with Crippen molar-refractivity contribution >= 4 is 27.3 Å². The highest BCUT2D eigenvalue weighted by Crippen LogP contribution is 2.34. The molecule has 0 spiro atoms. The van der Waals surface area contributed by atoms with Gasteiger partial charge in [0.2, 0.25) is 0 Å². The van der Waals surface area contributed by atoms with Gasteiger partial charge in [0.1, 0.15) is 5.76 Å². The largest absolute Gasteiger partial charge is 0.467 e. The SMILES string of the molecule is Brc1cscc1-c1ccoc1CNC1CC1. The second-order valence-electron chi connectivity index (χ2n) is 4.05. The zero-order valence-corrected chi connectivity index (χ0v) is 11.1. The van der Waals surface area contributed by atoms with Gasteiger partial charge in [0, 0.05) is 27.0 Å². The van der Waals surface area contributed by atoms with Crippen molar-refractivity contribution < 1.29 is 4.42 Å². The monoisotopic (exact) mass is 297 g/mol. The van der Waals surface area contributed by atoms with Gasteiger partial charge in [-0.15, -0.1) is 0 Å². The summed E-state index contributed by atoms with van der Waals surface area (Å²) in [7, 11) is 0. The summed E-state index contributed by atoms with van der Waals surface area (Å²) >= 11 is 5.26. The van der Waals surface area contributed by atoms with Gasteiger partial charge < -0.3 is 9.73 Å². The first-order valence-corrected chi connectivity index (χ1v) is 7.10. The van der Waals surface area contributed by atoms with Crippen molar-refractivity contribution in [1.29, 1.82) is 0 Å². The fraction of sp³-hybridized carbons (Fsp3) is 0.333. The van der Waals surface area contributed by atoms with E-state index < -0.39 is 0 Å². The van der Waals surface area contributed by atoms with Crippen LogP contribution in [0.5, 0.6) is 0 Å².